The van der Waals surface area contributed by atoms with Gasteiger partial charge in [0.15, 0.2) is 0 Å². The van der Waals surface area contributed by atoms with Crippen molar-refractivity contribution in [2.24, 2.45) is 0 Å². The molecule has 1 atom stereocenters. The molecular formula is C5H8ClNO3S. The minimum atomic E-state index is -1.11. The van der Waals surface area contributed by atoms with Crippen LogP contribution in [0, 0.1) is 0 Å². The molecule has 2 N–H and O–H groups in total. The molecule has 0 aliphatic carbocycles. The fraction of sp³-hybridized carbons (Fsp3) is 0.600. The molecule has 0 spiro atoms. The lowest BCUT2D eigenvalue weighted by Gasteiger charge is -2.09. The van der Waals surface area contributed by atoms with E-state index in [9.17, 15) is 9.59 Å². The largest absolute Gasteiger partial charge is 0.480 e. The lowest BCUT2D eigenvalue weighted by molar-refractivity contribution is -0.140. The molecule has 11 heavy (non-hydrogen) atoms. The van der Waals surface area contributed by atoms with Crippen LogP contribution in [-0.4, -0.2) is 34.7 Å². The Kier molecular flexibility index (Phi) is 5.06. The third kappa shape index (κ3) is 4.10. The van der Waals surface area contributed by atoms with Gasteiger partial charge in [-0.3, -0.25) is 4.79 Å². The van der Waals surface area contributed by atoms with E-state index >= 15 is 0 Å². The summed E-state index contributed by atoms with van der Waals surface area (Å²) in [5, 5.41) is 10.6. The number of amides is 1. The number of carboxylic acids is 1. The molecular weight excluding hydrogens is 190 g/mol. The van der Waals surface area contributed by atoms with Crippen molar-refractivity contribution < 1.29 is 14.7 Å². The first-order valence-electron chi connectivity index (χ1n) is 2.80. The van der Waals surface area contributed by atoms with E-state index in [2.05, 4.69) is 17.9 Å². The van der Waals surface area contributed by atoms with Crippen molar-refractivity contribution in [1.82, 2.24) is 5.32 Å². The molecule has 0 aromatic heterocycles. The zero-order chi connectivity index (χ0) is 8.85. The van der Waals surface area contributed by atoms with Crippen LogP contribution in [0.5, 0.6) is 0 Å². The summed E-state index contributed by atoms with van der Waals surface area (Å²) >= 11 is 8.86. The van der Waals surface area contributed by atoms with E-state index in [4.69, 9.17) is 16.7 Å². The summed E-state index contributed by atoms with van der Waals surface area (Å²) in [6.07, 6.45) is 0. The van der Waals surface area contributed by atoms with Gasteiger partial charge in [0, 0.05) is 5.75 Å². The Hall–Kier alpha value is -0.420. The molecule has 4 nitrogen and oxygen atoms in total. The molecule has 0 saturated carbocycles. The molecule has 1 unspecified atom stereocenters. The topological polar surface area (TPSA) is 66.4 Å². The number of hydrogen-bond donors (Lipinski definition) is 3. The van der Waals surface area contributed by atoms with Crippen LogP contribution in [0.3, 0.4) is 0 Å². The van der Waals surface area contributed by atoms with Crippen LogP contribution in [-0.2, 0) is 9.59 Å². The zero-order valence-corrected chi connectivity index (χ0v) is 7.23. The van der Waals surface area contributed by atoms with E-state index in [0.717, 1.165) is 0 Å². The quantitative estimate of drug-likeness (QED) is 0.429. The smallest absolute Gasteiger partial charge is 0.327 e. The number of carboxylic acid groups (broad SMARTS) is 1. The van der Waals surface area contributed by atoms with E-state index in [0.29, 0.717) is 0 Å². The number of aliphatic carboxylic acids is 1. The molecule has 0 saturated heterocycles. The molecule has 1 amide bonds. The van der Waals surface area contributed by atoms with E-state index in [1.54, 1.807) is 0 Å². The third-order valence-electron chi connectivity index (χ3n) is 0.937. The number of nitrogens with one attached hydrogen (secondary N) is 1. The van der Waals surface area contributed by atoms with E-state index < -0.39 is 17.9 Å². The van der Waals surface area contributed by atoms with Gasteiger partial charge < -0.3 is 10.4 Å². The predicted octanol–water partition coefficient (Wildman–Crippen LogP) is -0.276. The van der Waals surface area contributed by atoms with E-state index in [1.807, 2.05) is 0 Å². The van der Waals surface area contributed by atoms with Gasteiger partial charge in [-0.15, -0.1) is 11.6 Å². The fourth-order valence-electron chi connectivity index (χ4n) is 0.418. The number of hydrogen-bond acceptors (Lipinski definition) is 3. The minimum absolute atomic E-state index is 0.0535. The van der Waals surface area contributed by atoms with E-state index in [1.165, 1.54) is 0 Å². The van der Waals surface area contributed by atoms with Crippen molar-refractivity contribution in [3.63, 3.8) is 0 Å². The maximum atomic E-state index is 10.5. The Bertz CT molecular complexity index is 164. The summed E-state index contributed by atoms with van der Waals surface area (Å²) in [6, 6.07) is -0.954. The molecule has 0 heterocycles. The average Bonchev–Trinajstić information content (AvgIpc) is 1.99. The second kappa shape index (κ2) is 5.26. The Morgan fingerprint density at radius 1 is 1.64 bits per heavy atom. The first-order chi connectivity index (χ1) is 5.11. The summed E-state index contributed by atoms with van der Waals surface area (Å²) in [4.78, 5) is 20.8. The van der Waals surface area contributed by atoms with Gasteiger partial charge in [-0.05, 0) is 0 Å². The maximum Gasteiger partial charge on any atom is 0.327 e. The molecule has 6 heteroatoms. The lowest BCUT2D eigenvalue weighted by atomic mass is 10.3. The molecule has 0 fully saturated rings. The van der Waals surface area contributed by atoms with Crippen LogP contribution in [0.2, 0.25) is 0 Å². The number of halogens is 1. The molecule has 0 aromatic carbocycles. The highest BCUT2D eigenvalue weighted by Crippen LogP contribution is 1.88. The van der Waals surface area contributed by atoms with Gasteiger partial charge in [-0.1, -0.05) is 0 Å². The second-order valence-corrected chi connectivity index (χ2v) is 2.41. The molecule has 0 aliphatic heterocycles. The van der Waals surface area contributed by atoms with Crippen LogP contribution < -0.4 is 5.32 Å². The SMILES string of the molecule is O=C(CCl)NC(CS)C(=O)O. The number of carbonyl (C=O) groups excluding carboxylic acids is 1. The summed E-state index contributed by atoms with van der Waals surface area (Å²) in [6.45, 7) is 0. The van der Waals surface area contributed by atoms with Crippen LogP contribution in [0.25, 0.3) is 0 Å². The van der Waals surface area contributed by atoms with Crippen molar-refractivity contribution in [1.29, 1.82) is 0 Å². The van der Waals surface area contributed by atoms with Crippen molar-refractivity contribution in [2.75, 3.05) is 11.6 Å². The molecule has 0 aromatic rings. The molecule has 0 bridgehead atoms. The normalized spacial score (nSPS) is 12.2. The van der Waals surface area contributed by atoms with Gasteiger partial charge in [0.05, 0.1) is 0 Å². The Morgan fingerprint density at radius 3 is 2.45 bits per heavy atom. The van der Waals surface area contributed by atoms with E-state index in [-0.39, 0.29) is 11.6 Å². The first-order valence-corrected chi connectivity index (χ1v) is 3.97. The fourth-order valence-corrected chi connectivity index (χ4v) is 0.743. The summed E-state index contributed by atoms with van der Waals surface area (Å²) in [5.74, 6) is -1.80. The Morgan fingerprint density at radius 2 is 2.18 bits per heavy atom. The van der Waals surface area contributed by atoms with Gasteiger partial charge in [-0.25, -0.2) is 4.79 Å². The van der Waals surface area contributed by atoms with Crippen molar-refractivity contribution >= 4 is 36.1 Å². The molecule has 0 rings (SSSR count). The average molecular weight is 198 g/mol. The van der Waals surface area contributed by atoms with Crippen LogP contribution in [0.4, 0.5) is 0 Å². The highest BCUT2D eigenvalue weighted by atomic mass is 35.5. The summed E-state index contributed by atoms with van der Waals surface area (Å²) in [7, 11) is 0. The summed E-state index contributed by atoms with van der Waals surface area (Å²) in [5.41, 5.74) is 0. The van der Waals surface area contributed by atoms with Crippen LogP contribution in [0.15, 0.2) is 0 Å². The monoisotopic (exact) mass is 197 g/mol. The lowest BCUT2D eigenvalue weighted by Crippen LogP contribution is -2.42. The maximum absolute atomic E-state index is 10.5. The zero-order valence-electron chi connectivity index (χ0n) is 5.58. The third-order valence-corrected chi connectivity index (χ3v) is 1.55. The second-order valence-electron chi connectivity index (χ2n) is 1.77. The minimum Gasteiger partial charge on any atom is -0.480 e. The van der Waals surface area contributed by atoms with Gasteiger partial charge in [0.2, 0.25) is 5.91 Å². The standard InChI is InChI=1S/C5H8ClNO3S/c6-1-4(8)7-3(2-11)5(9)10/h3,11H,1-2H2,(H,7,8)(H,9,10). The summed E-state index contributed by atoms with van der Waals surface area (Å²) < 4.78 is 0. The number of carbonyl (C=O) groups is 2. The van der Waals surface area contributed by atoms with Crippen molar-refractivity contribution in [2.45, 2.75) is 6.04 Å². The first kappa shape index (κ1) is 10.6. The highest BCUT2D eigenvalue weighted by molar-refractivity contribution is 7.80. The van der Waals surface area contributed by atoms with Gasteiger partial charge in [0.25, 0.3) is 0 Å². The van der Waals surface area contributed by atoms with Crippen LogP contribution >= 0.6 is 24.2 Å². The number of rotatable bonds is 4. The van der Waals surface area contributed by atoms with Crippen molar-refractivity contribution in [3.8, 4) is 0 Å². The number of thiol groups is 1. The van der Waals surface area contributed by atoms with Crippen molar-refractivity contribution in [3.05, 3.63) is 0 Å². The Balaban J connectivity index is 3.88. The highest BCUT2D eigenvalue weighted by Gasteiger charge is 2.16. The van der Waals surface area contributed by atoms with Crippen LogP contribution in [0.1, 0.15) is 0 Å². The molecule has 0 aliphatic rings. The number of alkyl halides is 1. The Labute approximate surface area is 74.3 Å². The molecule has 0 radical (unpaired) electrons. The molecule has 64 valence electrons. The predicted molar refractivity (Wildman–Crippen MR) is 44.1 cm³/mol. The van der Waals surface area contributed by atoms with Gasteiger partial charge in [-0.2, -0.15) is 12.6 Å². The van der Waals surface area contributed by atoms with Gasteiger partial charge in [0.1, 0.15) is 11.9 Å². The van der Waals surface area contributed by atoms with Gasteiger partial charge >= 0.3 is 5.97 Å².